The Morgan fingerprint density at radius 1 is 1.35 bits per heavy atom. The van der Waals surface area contributed by atoms with Crippen LogP contribution in [0.1, 0.15) is 25.2 Å². The molecule has 17 heavy (non-hydrogen) atoms. The molecule has 0 amide bonds. The molecular formula is C14H17BrN2. The second-order valence-corrected chi connectivity index (χ2v) is 5.61. The standard InChI is InChI=1S/C14H17BrN2/c1-11(2)8-14-16-6-7-17(14)10-12-4-3-5-13(15)9-12/h3-7,9,11H,8,10H2,1-2H3. The number of aromatic nitrogens is 2. The number of hydrogen-bond acceptors (Lipinski definition) is 1. The van der Waals surface area contributed by atoms with Gasteiger partial charge < -0.3 is 4.57 Å². The maximum Gasteiger partial charge on any atom is 0.109 e. The van der Waals surface area contributed by atoms with Crippen molar-refractivity contribution >= 4 is 15.9 Å². The first-order valence-corrected chi connectivity index (χ1v) is 6.69. The van der Waals surface area contributed by atoms with Gasteiger partial charge in [0.1, 0.15) is 5.82 Å². The zero-order valence-corrected chi connectivity index (χ0v) is 11.8. The highest BCUT2D eigenvalue weighted by Crippen LogP contribution is 2.14. The molecule has 90 valence electrons. The van der Waals surface area contributed by atoms with E-state index in [4.69, 9.17) is 0 Å². The molecule has 0 N–H and O–H groups in total. The summed E-state index contributed by atoms with van der Waals surface area (Å²) in [5.41, 5.74) is 1.29. The van der Waals surface area contributed by atoms with Crippen LogP contribution in [0.3, 0.4) is 0 Å². The molecule has 0 saturated heterocycles. The van der Waals surface area contributed by atoms with Crippen molar-refractivity contribution in [2.45, 2.75) is 26.8 Å². The maximum absolute atomic E-state index is 4.43. The molecule has 0 aliphatic heterocycles. The monoisotopic (exact) mass is 292 g/mol. The number of halogens is 1. The molecule has 0 fully saturated rings. The predicted octanol–water partition coefficient (Wildman–Crippen LogP) is 3.89. The minimum absolute atomic E-state index is 0.638. The summed E-state index contributed by atoms with van der Waals surface area (Å²) in [6, 6.07) is 8.41. The van der Waals surface area contributed by atoms with E-state index in [1.807, 2.05) is 12.3 Å². The lowest BCUT2D eigenvalue weighted by molar-refractivity contribution is 0.590. The van der Waals surface area contributed by atoms with Crippen molar-refractivity contribution in [2.75, 3.05) is 0 Å². The van der Waals surface area contributed by atoms with E-state index in [9.17, 15) is 0 Å². The first kappa shape index (κ1) is 12.4. The van der Waals surface area contributed by atoms with Crippen LogP contribution in [0.5, 0.6) is 0 Å². The van der Waals surface area contributed by atoms with E-state index in [2.05, 4.69) is 63.7 Å². The summed E-state index contributed by atoms with van der Waals surface area (Å²) in [5, 5.41) is 0. The molecule has 1 aromatic heterocycles. The van der Waals surface area contributed by atoms with Crippen molar-refractivity contribution in [3.63, 3.8) is 0 Å². The minimum atomic E-state index is 0.638. The van der Waals surface area contributed by atoms with Gasteiger partial charge in [-0.3, -0.25) is 0 Å². The smallest absolute Gasteiger partial charge is 0.109 e. The van der Waals surface area contributed by atoms with Gasteiger partial charge in [-0.1, -0.05) is 41.9 Å². The molecule has 2 rings (SSSR count). The second kappa shape index (κ2) is 5.50. The normalized spacial score (nSPS) is 11.1. The van der Waals surface area contributed by atoms with Gasteiger partial charge >= 0.3 is 0 Å². The summed E-state index contributed by atoms with van der Waals surface area (Å²) in [7, 11) is 0. The third-order valence-corrected chi connectivity index (χ3v) is 3.13. The van der Waals surface area contributed by atoms with Gasteiger partial charge in [0.25, 0.3) is 0 Å². The Balaban J connectivity index is 2.16. The van der Waals surface area contributed by atoms with Crippen LogP contribution in [0.4, 0.5) is 0 Å². The summed E-state index contributed by atoms with van der Waals surface area (Å²) in [6.45, 7) is 5.33. The lowest BCUT2D eigenvalue weighted by atomic mass is 10.1. The summed E-state index contributed by atoms with van der Waals surface area (Å²) < 4.78 is 3.35. The van der Waals surface area contributed by atoms with Crippen LogP contribution in [0.15, 0.2) is 41.1 Å². The third kappa shape index (κ3) is 3.43. The average Bonchev–Trinajstić information content (AvgIpc) is 2.65. The van der Waals surface area contributed by atoms with Crippen molar-refractivity contribution in [1.82, 2.24) is 9.55 Å². The van der Waals surface area contributed by atoms with Gasteiger partial charge in [0.15, 0.2) is 0 Å². The van der Waals surface area contributed by atoms with E-state index in [0.29, 0.717) is 5.92 Å². The van der Waals surface area contributed by atoms with Crippen LogP contribution in [-0.2, 0) is 13.0 Å². The number of rotatable bonds is 4. The molecule has 0 aliphatic rings. The van der Waals surface area contributed by atoms with Gasteiger partial charge in [-0.2, -0.15) is 0 Å². The Morgan fingerprint density at radius 3 is 2.88 bits per heavy atom. The molecule has 0 bridgehead atoms. The van der Waals surface area contributed by atoms with Gasteiger partial charge in [0.05, 0.1) is 0 Å². The van der Waals surface area contributed by atoms with Gasteiger partial charge in [-0.15, -0.1) is 0 Å². The molecule has 1 aromatic carbocycles. The SMILES string of the molecule is CC(C)Cc1nccn1Cc1cccc(Br)c1. The highest BCUT2D eigenvalue weighted by Gasteiger charge is 2.05. The predicted molar refractivity (Wildman–Crippen MR) is 74.0 cm³/mol. The van der Waals surface area contributed by atoms with Crippen molar-refractivity contribution in [2.24, 2.45) is 5.92 Å². The lowest BCUT2D eigenvalue weighted by Crippen LogP contribution is -2.07. The first-order chi connectivity index (χ1) is 8.15. The van der Waals surface area contributed by atoms with Crippen LogP contribution in [-0.4, -0.2) is 9.55 Å². The fourth-order valence-electron chi connectivity index (χ4n) is 1.87. The van der Waals surface area contributed by atoms with Crippen LogP contribution >= 0.6 is 15.9 Å². The third-order valence-electron chi connectivity index (χ3n) is 2.63. The van der Waals surface area contributed by atoms with Crippen LogP contribution in [0.25, 0.3) is 0 Å². The van der Waals surface area contributed by atoms with Crippen molar-refractivity contribution in [3.05, 3.63) is 52.5 Å². The van der Waals surface area contributed by atoms with Crippen molar-refractivity contribution in [1.29, 1.82) is 0 Å². The topological polar surface area (TPSA) is 17.8 Å². The average molecular weight is 293 g/mol. The Morgan fingerprint density at radius 2 is 2.18 bits per heavy atom. The molecule has 3 heteroatoms. The molecule has 1 heterocycles. The van der Waals surface area contributed by atoms with E-state index >= 15 is 0 Å². The van der Waals surface area contributed by atoms with E-state index in [1.54, 1.807) is 0 Å². The minimum Gasteiger partial charge on any atom is -0.331 e. The molecular weight excluding hydrogens is 276 g/mol. The van der Waals surface area contributed by atoms with Gasteiger partial charge in [-0.05, 0) is 23.6 Å². The highest BCUT2D eigenvalue weighted by molar-refractivity contribution is 9.10. The van der Waals surface area contributed by atoms with Crippen molar-refractivity contribution < 1.29 is 0 Å². The highest BCUT2D eigenvalue weighted by atomic mass is 79.9. The van der Waals surface area contributed by atoms with E-state index in [1.165, 1.54) is 11.4 Å². The second-order valence-electron chi connectivity index (χ2n) is 4.70. The Kier molecular flexibility index (Phi) is 4.00. The number of nitrogens with zero attached hydrogens (tertiary/aromatic N) is 2. The van der Waals surface area contributed by atoms with E-state index in [0.717, 1.165) is 17.4 Å². The van der Waals surface area contributed by atoms with Crippen LogP contribution in [0.2, 0.25) is 0 Å². The molecule has 0 aliphatic carbocycles. The fourth-order valence-corrected chi connectivity index (χ4v) is 2.32. The Labute approximate surface area is 111 Å². The molecule has 0 saturated carbocycles. The summed E-state index contributed by atoms with van der Waals surface area (Å²) in [5.74, 6) is 1.80. The molecule has 0 spiro atoms. The fraction of sp³-hybridized carbons (Fsp3) is 0.357. The van der Waals surface area contributed by atoms with Gasteiger partial charge in [-0.25, -0.2) is 4.98 Å². The van der Waals surface area contributed by atoms with Crippen LogP contribution in [0, 0.1) is 5.92 Å². The quantitative estimate of drug-likeness (QED) is 0.836. The summed E-state index contributed by atoms with van der Waals surface area (Å²) in [6.07, 6.45) is 4.97. The van der Waals surface area contributed by atoms with Gasteiger partial charge in [0.2, 0.25) is 0 Å². The molecule has 0 radical (unpaired) electrons. The zero-order valence-electron chi connectivity index (χ0n) is 10.2. The zero-order chi connectivity index (χ0) is 12.3. The number of benzene rings is 1. The van der Waals surface area contributed by atoms with Gasteiger partial charge in [0, 0.05) is 29.8 Å². The van der Waals surface area contributed by atoms with Crippen LogP contribution < -0.4 is 0 Å². The Hall–Kier alpha value is -1.09. The maximum atomic E-state index is 4.43. The molecule has 2 nitrogen and oxygen atoms in total. The molecule has 2 aromatic rings. The number of hydrogen-bond donors (Lipinski definition) is 0. The first-order valence-electron chi connectivity index (χ1n) is 5.89. The van der Waals surface area contributed by atoms with E-state index in [-0.39, 0.29) is 0 Å². The van der Waals surface area contributed by atoms with E-state index < -0.39 is 0 Å². The largest absolute Gasteiger partial charge is 0.331 e. The molecule has 0 unspecified atom stereocenters. The van der Waals surface area contributed by atoms with Crippen molar-refractivity contribution in [3.8, 4) is 0 Å². The summed E-state index contributed by atoms with van der Waals surface area (Å²) >= 11 is 3.50. The summed E-state index contributed by atoms with van der Waals surface area (Å²) in [4.78, 5) is 4.43. The number of imidazole rings is 1. The molecule has 0 atom stereocenters. The Bertz CT molecular complexity index is 488. The lowest BCUT2D eigenvalue weighted by Gasteiger charge is -2.10.